The second-order valence-electron chi connectivity index (χ2n) is 8.46. The molecule has 1 amide bonds. The third kappa shape index (κ3) is 4.31. The molecular formula is C21H21ClF3N5O5S. The Kier molecular flexibility index (Phi) is 6.17. The van der Waals surface area contributed by atoms with Crippen molar-refractivity contribution in [3.8, 4) is 5.75 Å². The number of piperazine rings is 1. The van der Waals surface area contributed by atoms with Gasteiger partial charge in [0.05, 0.1) is 16.1 Å². The summed E-state index contributed by atoms with van der Waals surface area (Å²) in [6.45, 7) is 0.519. The zero-order valence-electron chi connectivity index (χ0n) is 18.6. The molecule has 0 bridgehead atoms. The summed E-state index contributed by atoms with van der Waals surface area (Å²) < 4.78 is 78.2. The molecule has 2 fully saturated rings. The highest BCUT2D eigenvalue weighted by Crippen LogP contribution is 2.40. The van der Waals surface area contributed by atoms with Crippen LogP contribution in [0.15, 0.2) is 35.2 Å². The molecule has 2 saturated heterocycles. The molecule has 36 heavy (non-hydrogen) atoms. The lowest BCUT2D eigenvalue weighted by molar-refractivity contribution is -0.137. The number of hydrogen-bond donors (Lipinski definition) is 1. The Morgan fingerprint density at radius 2 is 1.86 bits per heavy atom. The molecule has 194 valence electrons. The maximum Gasteiger partial charge on any atom is 0.416 e. The van der Waals surface area contributed by atoms with Crippen LogP contribution in [-0.4, -0.2) is 75.3 Å². The van der Waals surface area contributed by atoms with Crippen molar-refractivity contribution in [3.05, 3.63) is 41.0 Å². The van der Waals surface area contributed by atoms with Crippen LogP contribution in [0.25, 0.3) is 0 Å². The first-order chi connectivity index (χ1) is 17.0. The molecule has 0 radical (unpaired) electrons. The standard InChI is InChI=1S/C21H21ClF3N5O5S/c22-18-7-12(21(23,24)25)8-19(27-18)28-3-5-29(6-4-28)36(32,33)13-1-2-14-16(9-13)34-11-15-17(10-26)35-20(31)30(14)15/h1-2,7-9,15,17H,3-6,10-11,26H2/t15-,17-/m0/s1. The van der Waals surface area contributed by atoms with Gasteiger partial charge in [0.15, 0.2) is 0 Å². The summed E-state index contributed by atoms with van der Waals surface area (Å²) in [4.78, 5) is 19.2. The number of benzene rings is 1. The van der Waals surface area contributed by atoms with Crippen LogP contribution < -0.4 is 20.3 Å². The number of nitrogens with two attached hydrogens (primary N) is 1. The van der Waals surface area contributed by atoms with Gasteiger partial charge in [0, 0.05) is 38.8 Å². The third-order valence-electron chi connectivity index (χ3n) is 6.35. The minimum absolute atomic E-state index is 0.0223. The number of alkyl halides is 3. The van der Waals surface area contributed by atoms with Gasteiger partial charge in [-0.15, -0.1) is 0 Å². The van der Waals surface area contributed by atoms with Crippen LogP contribution in [0.4, 0.5) is 29.5 Å². The molecule has 3 aliphatic rings. The van der Waals surface area contributed by atoms with Crippen LogP contribution in [0.1, 0.15) is 5.56 Å². The summed E-state index contributed by atoms with van der Waals surface area (Å²) in [7, 11) is -3.95. The molecule has 3 aliphatic heterocycles. The van der Waals surface area contributed by atoms with Gasteiger partial charge >= 0.3 is 12.3 Å². The second kappa shape index (κ2) is 8.94. The first-order valence-electron chi connectivity index (χ1n) is 11.0. The molecule has 0 spiro atoms. The molecular weight excluding hydrogens is 527 g/mol. The molecule has 5 rings (SSSR count). The van der Waals surface area contributed by atoms with Crippen LogP contribution in [0.5, 0.6) is 5.75 Å². The van der Waals surface area contributed by atoms with Gasteiger partial charge in [0.1, 0.15) is 35.5 Å². The number of pyridine rings is 1. The van der Waals surface area contributed by atoms with Crippen LogP contribution >= 0.6 is 11.6 Å². The molecule has 2 aromatic rings. The van der Waals surface area contributed by atoms with E-state index in [2.05, 4.69) is 4.98 Å². The predicted octanol–water partition coefficient (Wildman–Crippen LogP) is 2.31. The zero-order valence-corrected chi connectivity index (χ0v) is 20.2. The van der Waals surface area contributed by atoms with Crippen molar-refractivity contribution in [2.24, 2.45) is 5.73 Å². The van der Waals surface area contributed by atoms with Gasteiger partial charge in [-0.1, -0.05) is 11.6 Å². The van der Waals surface area contributed by atoms with Crippen LogP contribution in [0.2, 0.25) is 5.15 Å². The second-order valence-corrected chi connectivity index (χ2v) is 10.8. The first-order valence-corrected chi connectivity index (χ1v) is 12.8. The number of sulfonamides is 1. The molecule has 0 saturated carbocycles. The number of halogens is 4. The number of ether oxygens (including phenoxy) is 2. The Morgan fingerprint density at radius 1 is 1.14 bits per heavy atom. The van der Waals surface area contributed by atoms with E-state index >= 15 is 0 Å². The predicted molar refractivity (Wildman–Crippen MR) is 123 cm³/mol. The molecule has 0 aliphatic carbocycles. The Morgan fingerprint density at radius 3 is 2.53 bits per heavy atom. The van der Waals surface area contributed by atoms with Crippen molar-refractivity contribution < 1.29 is 35.9 Å². The van der Waals surface area contributed by atoms with Gasteiger partial charge < -0.3 is 20.1 Å². The van der Waals surface area contributed by atoms with E-state index in [9.17, 15) is 26.4 Å². The molecule has 15 heteroatoms. The lowest BCUT2D eigenvalue weighted by Gasteiger charge is -2.35. The number of cyclic esters (lactones) is 1. The lowest BCUT2D eigenvalue weighted by atomic mass is 10.1. The lowest BCUT2D eigenvalue weighted by Crippen LogP contribution is -2.49. The fourth-order valence-corrected chi connectivity index (χ4v) is 6.13. The normalized spacial score (nSPS) is 22.6. The highest BCUT2D eigenvalue weighted by Gasteiger charge is 2.46. The summed E-state index contributed by atoms with van der Waals surface area (Å²) in [6.07, 6.45) is -5.68. The smallest absolute Gasteiger partial charge is 0.416 e. The highest BCUT2D eigenvalue weighted by molar-refractivity contribution is 7.89. The van der Waals surface area contributed by atoms with Crippen LogP contribution in [-0.2, 0) is 20.9 Å². The number of nitrogens with zero attached hydrogens (tertiary/aromatic N) is 4. The minimum atomic E-state index is -4.59. The van der Waals surface area contributed by atoms with Gasteiger partial charge in [-0.25, -0.2) is 18.2 Å². The summed E-state index contributed by atoms with van der Waals surface area (Å²) in [5, 5.41) is -0.300. The van der Waals surface area contributed by atoms with Crippen molar-refractivity contribution in [1.29, 1.82) is 0 Å². The summed E-state index contributed by atoms with van der Waals surface area (Å²) in [5.41, 5.74) is 5.12. The zero-order chi connectivity index (χ0) is 25.8. The van der Waals surface area contributed by atoms with Gasteiger partial charge in [-0.05, 0) is 24.3 Å². The average Bonchev–Trinajstić information content (AvgIpc) is 3.18. The van der Waals surface area contributed by atoms with E-state index in [1.807, 2.05) is 0 Å². The number of rotatable bonds is 4. The highest BCUT2D eigenvalue weighted by atomic mass is 35.5. The monoisotopic (exact) mass is 547 g/mol. The summed E-state index contributed by atoms with van der Waals surface area (Å²) in [6, 6.07) is 5.45. The first kappa shape index (κ1) is 24.9. The summed E-state index contributed by atoms with van der Waals surface area (Å²) in [5.74, 6) is 0.250. The number of anilines is 2. The SMILES string of the molecule is NC[C@@H]1OC(=O)N2c3ccc(S(=O)(=O)N4CCN(c5cc(C(F)(F)F)cc(Cl)n5)CC4)cc3OC[C@@H]12. The van der Waals surface area contributed by atoms with E-state index < -0.39 is 40.0 Å². The Balaban J connectivity index is 1.32. The number of hydrogen-bond acceptors (Lipinski definition) is 8. The maximum absolute atomic E-state index is 13.3. The topological polar surface area (TPSA) is 118 Å². The quantitative estimate of drug-likeness (QED) is 0.579. The number of carbonyl (C=O) groups is 1. The van der Waals surface area contributed by atoms with Crippen LogP contribution in [0, 0.1) is 0 Å². The van der Waals surface area contributed by atoms with Crippen molar-refractivity contribution >= 4 is 39.2 Å². The van der Waals surface area contributed by atoms with Gasteiger partial charge in [-0.2, -0.15) is 17.5 Å². The fourth-order valence-electron chi connectivity index (χ4n) is 4.49. The van der Waals surface area contributed by atoms with Gasteiger partial charge in [0.25, 0.3) is 0 Å². The minimum Gasteiger partial charge on any atom is -0.489 e. The van der Waals surface area contributed by atoms with Crippen molar-refractivity contribution in [1.82, 2.24) is 9.29 Å². The molecule has 4 heterocycles. The Labute approximate surface area is 209 Å². The van der Waals surface area contributed by atoms with Gasteiger partial charge in [0.2, 0.25) is 10.0 Å². The largest absolute Gasteiger partial charge is 0.489 e. The molecule has 1 aromatic carbocycles. The van der Waals surface area contributed by atoms with E-state index in [1.165, 1.54) is 27.4 Å². The van der Waals surface area contributed by atoms with Gasteiger partial charge in [-0.3, -0.25) is 4.90 Å². The molecule has 1 aromatic heterocycles. The third-order valence-corrected chi connectivity index (χ3v) is 8.44. The van der Waals surface area contributed by atoms with Crippen molar-refractivity contribution in [3.63, 3.8) is 0 Å². The van der Waals surface area contributed by atoms with E-state index in [4.69, 9.17) is 26.8 Å². The van der Waals surface area contributed by atoms with E-state index in [0.717, 1.165) is 12.1 Å². The average molecular weight is 548 g/mol. The van der Waals surface area contributed by atoms with Crippen molar-refractivity contribution in [2.45, 2.75) is 23.2 Å². The van der Waals surface area contributed by atoms with E-state index in [-0.39, 0.29) is 60.9 Å². The summed E-state index contributed by atoms with van der Waals surface area (Å²) >= 11 is 5.78. The molecule has 2 N–H and O–H groups in total. The fraction of sp³-hybridized carbons (Fsp3) is 0.429. The molecule has 0 unspecified atom stereocenters. The maximum atomic E-state index is 13.3. The number of aromatic nitrogens is 1. The van der Waals surface area contributed by atoms with Crippen molar-refractivity contribution in [2.75, 3.05) is 49.1 Å². The van der Waals surface area contributed by atoms with E-state index in [0.29, 0.717) is 5.69 Å². The number of amides is 1. The van der Waals surface area contributed by atoms with Crippen LogP contribution in [0.3, 0.4) is 0 Å². The molecule has 2 atom stereocenters. The number of carbonyl (C=O) groups excluding carboxylic acids is 1. The van der Waals surface area contributed by atoms with E-state index in [1.54, 1.807) is 4.90 Å². The number of fused-ring (bicyclic) bond motifs is 3. The Hall–Kier alpha value is -2.81. The Bertz CT molecular complexity index is 1300. The molecule has 10 nitrogen and oxygen atoms in total.